The molecule has 1 aromatic heterocycles. The predicted octanol–water partition coefficient (Wildman–Crippen LogP) is 1.84. The summed E-state index contributed by atoms with van der Waals surface area (Å²) in [4.78, 5) is 35.7. The molecule has 0 unspecified atom stereocenters. The molecule has 2 aromatic rings. The molecule has 0 spiro atoms. The summed E-state index contributed by atoms with van der Waals surface area (Å²) in [7, 11) is 0. The molecule has 0 amide bonds. The Bertz CT molecular complexity index is 728. The van der Waals surface area contributed by atoms with Crippen LogP contribution in [-0.4, -0.2) is 15.6 Å². The number of benzene rings is 1. The Balaban J connectivity index is 2.23. The number of nitrogens with zero attached hydrogens (tertiary/aromatic N) is 1. The van der Waals surface area contributed by atoms with Crippen LogP contribution in [0.2, 0.25) is 0 Å². The van der Waals surface area contributed by atoms with Crippen molar-refractivity contribution in [1.82, 2.24) is 9.78 Å². The molecule has 0 saturated heterocycles. The van der Waals surface area contributed by atoms with E-state index in [1.54, 1.807) is 24.3 Å². The molecule has 0 fully saturated rings. The second-order valence-electron chi connectivity index (χ2n) is 4.84. The maximum absolute atomic E-state index is 12.2. The van der Waals surface area contributed by atoms with Crippen LogP contribution in [-0.2, 0) is 11.3 Å². The zero-order valence-corrected chi connectivity index (χ0v) is 11.5. The largest absolute Gasteiger partial charge is 0.300 e. The summed E-state index contributed by atoms with van der Waals surface area (Å²) in [6.07, 6.45) is 2.64. The lowest BCUT2D eigenvalue weighted by Gasteiger charge is -2.06. The van der Waals surface area contributed by atoms with Gasteiger partial charge in [0.1, 0.15) is 5.78 Å². The Kier molecular flexibility index (Phi) is 4.50. The molecule has 0 aliphatic rings. The fraction of sp³-hybridized carbons (Fsp3) is 0.400. The van der Waals surface area contributed by atoms with Crippen LogP contribution >= 0.6 is 0 Å². The molecule has 0 bridgehead atoms. The van der Waals surface area contributed by atoms with Crippen LogP contribution in [0.1, 0.15) is 32.6 Å². The minimum atomic E-state index is -0.304. The SMILES string of the molecule is CCCCC(=O)CCn1[nH]c(=O)c2ccccc2c1=O. The number of unbranched alkanes of at least 4 members (excludes halogenated alkanes) is 1. The van der Waals surface area contributed by atoms with Crippen molar-refractivity contribution in [1.29, 1.82) is 0 Å². The number of hydrogen-bond acceptors (Lipinski definition) is 3. The number of carbonyl (C=O) groups is 1. The fourth-order valence-corrected chi connectivity index (χ4v) is 2.14. The monoisotopic (exact) mass is 274 g/mol. The fourth-order valence-electron chi connectivity index (χ4n) is 2.14. The summed E-state index contributed by atoms with van der Waals surface area (Å²) < 4.78 is 1.23. The highest BCUT2D eigenvalue weighted by Crippen LogP contribution is 2.03. The van der Waals surface area contributed by atoms with Gasteiger partial charge < -0.3 is 0 Å². The molecule has 0 radical (unpaired) electrons. The van der Waals surface area contributed by atoms with Crippen molar-refractivity contribution in [2.75, 3.05) is 0 Å². The molecule has 5 heteroatoms. The Morgan fingerprint density at radius 2 is 1.85 bits per heavy atom. The Hall–Kier alpha value is -2.17. The quantitative estimate of drug-likeness (QED) is 0.873. The van der Waals surface area contributed by atoms with Crippen molar-refractivity contribution < 1.29 is 4.79 Å². The van der Waals surface area contributed by atoms with Gasteiger partial charge >= 0.3 is 0 Å². The third-order valence-electron chi connectivity index (χ3n) is 3.31. The number of ketones is 1. The van der Waals surface area contributed by atoms with Gasteiger partial charge in [0.25, 0.3) is 11.1 Å². The van der Waals surface area contributed by atoms with Gasteiger partial charge in [0.2, 0.25) is 0 Å². The van der Waals surface area contributed by atoms with E-state index in [1.165, 1.54) is 4.68 Å². The number of carbonyl (C=O) groups excluding carboxylic acids is 1. The van der Waals surface area contributed by atoms with Crippen LogP contribution in [0.5, 0.6) is 0 Å². The Morgan fingerprint density at radius 1 is 1.15 bits per heavy atom. The van der Waals surface area contributed by atoms with E-state index in [2.05, 4.69) is 5.10 Å². The molecule has 1 aromatic carbocycles. The summed E-state index contributed by atoms with van der Waals surface area (Å²) >= 11 is 0. The van der Waals surface area contributed by atoms with Crippen LogP contribution in [0.3, 0.4) is 0 Å². The number of H-pyrrole nitrogens is 1. The van der Waals surface area contributed by atoms with E-state index in [0.29, 0.717) is 17.2 Å². The summed E-state index contributed by atoms with van der Waals surface area (Å²) in [5.41, 5.74) is -0.565. The Labute approximate surface area is 116 Å². The summed E-state index contributed by atoms with van der Waals surface area (Å²) in [5.74, 6) is 0.118. The van der Waals surface area contributed by atoms with Crippen molar-refractivity contribution in [2.45, 2.75) is 39.2 Å². The average Bonchev–Trinajstić information content (AvgIpc) is 2.47. The van der Waals surface area contributed by atoms with Gasteiger partial charge in [-0.15, -0.1) is 0 Å². The molecule has 0 aliphatic heterocycles. The molecule has 0 aliphatic carbocycles. The highest BCUT2D eigenvalue weighted by atomic mass is 16.2. The third kappa shape index (κ3) is 3.04. The lowest BCUT2D eigenvalue weighted by atomic mass is 10.1. The van der Waals surface area contributed by atoms with E-state index in [1.807, 2.05) is 6.92 Å². The van der Waals surface area contributed by atoms with Crippen LogP contribution in [0.15, 0.2) is 33.9 Å². The molecular formula is C15H18N2O3. The van der Waals surface area contributed by atoms with Crippen molar-refractivity contribution in [3.05, 3.63) is 45.0 Å². The number of nitrogens with one attached hydrogen (secondary N) is 1. The van der Waals surface area contributed by atoms with E-state index in [0.717, 1.165) is 12.8 Å². The minimum absolute atomic E-state index is 0.118. The average molecular weight is 274 g/mol. The normalized spacial score (nSPS) is 10.8. The van der Waals surface area contributed by atoms with Crippen LogP contribution in [0, 0.1) is 0 Å². The smallest absolute Gasteiger partial charge is 0.273 e. The predicted molar refractivity (Wildman–Crippen MR) is 78.0 cm³/mol. The summed E-state index contributed by atoms with van der Waals surface area (Å²) in [6.45, 7) is 2.25. The number of fused-ring (bicyclic) bond motifs is 1. The van der Waals surface area contributed by atoms with E-state index >= 15 is 0 Å². The molecule has 1 N–H and O–H groups in total. The number of Topliss-reactive ketones (excluding diaryl/α,β-unsaturated/α-hetero) is 1. The first kappa shape index (κ1) is 14.2. The molecule has 5 nitrogen and oxygen atoms in total. The van der Waals surface area contributed by atoms with Crippen molar-refractivity contribution in [3.8, 4) is 0 Å². The molecule has 0 saturated carbocycles. The topological polar surface area (TPSA) is 71.9 Å². The van der Waals surface area contributed by atoms with E-state index in [4.69, 9.17) is 0 Å². The van der Waals surface area contributed by atoms with Crippen molar-refractivity contribution >= 4 is 16.6 Å². The molecule has 20 heavy (non-hydrogen) atoms. The highest BCUT2D eigenvalue weighted by molar-refractivity contribution is 5.80. The second-order valence-corrected chi connectivity index (χ2v) is 4.84. The van der Waals surface area contributed by atoms with Gasteiger partial charge in [0.05, 0.1) is 10.8 Å². The lowest BCUT2D eigenvalue weighted by molar-refractivity contribution is -0.119. The maximum atomic E-state index is 12.2. The first-order chi connectivity index (χ1) is 9.63. The van der Waals surface area contributed by atoms with Crippen LogP contribution in [0.4, 0.5) is 0 Å². The second kappa shape index (κ2) is 6.32. The lowest BCUT2D eigenvalue weighted by Crippen LogP contribution is -2.30. The van der Waals surface area contributed by atoms with Crippen molar-refractivity contribution in [2.24, 2.45) is 0 Å². The summed E-state index contributed by atoms with van der Waals surface area (Å²) in [5, 5.41) is 3.29. The van der Waals surface area contributed by atoms with E-state index < -0.39 is 0 Å². The molecule has 1 heterocycles. The van der Waals surface area contributed by atoms with Crippen LogP contribution in [0.25, 0.3) is 10.8 Å². The standard InChI is InChI=1S/C15H18N2O3/c1-2-3-6-11(18)9-10-17-15(20)13-8-5-4-7-12(13)14(19)16-17/h4-5,7-8H,2-3,6,9-10H2,1H3,(H,16,19). The third-order valence-corrected chi connectivity index (χ3v) is 3.31. The number of rotatable bonds is 6. The van der Waals surface area contributed by atoms with Crippen LogP contribution < -0.4 is 11.1 Å². The molecular weight excluding hydrogens is 256 g/mol. The van der Waals surface area contributed by atoms with Gasteiger partial charge in [-0.1, -0.05) is 25.5 Å². The maximum Gasteiger partial charge on any atom is 0.273 e. The minimum Gasteiger partial charge on any atom is -0.300 e. The van der Waals surface area contributed by atoms with Gasteiger partial charge in [-0.25, -0.2) is 4.68 Å². The highest BCUT2D eigenvalue weighted by Gasteiger charge is 2.08. The van der Waals surface area contributed by atoms with Crippen molar-refractivity contribution in [3.63, 3.8) is 0 Å². The molecule has 2 rings (SSSR count). The van der Waals surface area contributed by atoms with Gasteiger partial charge in [-0.3, -0.25) is 19.5 Å². The van der Waals surface area contributed by atoms with Gasteiger partial charge in [-0.05, 0) is 18.6 Å². The van der Waals surface area contributed by atoms with Gasteiger partial charge in [0.15, 0.2) is 0 Å². The van der Waals surface area contributed by atoms with Gasteiger partial charge in [-0.2, -0.15) is 0 Å². The summed E-state index contributed by atoms with van der Waals surface area (Å²) in [6, 6.07) is 6.68. The Morgan fingerprint density at radius 3 is 2.55 bits per heavy atom. The molecule has 0 atom stereocenters. The van der Waals surface area contributed by atoms with E-state index in [-0.39, 0.29) is 29.9 Å². The zero-order chi connectivity index (χ0) is 14.5. The number of hydrogen-bond donors (Lipinski definition) is 1. The number of aromatic nitrogens is 2. The van der Waals surface area contributed by atoms with Gasteiger partial charge in [0, 0.05) is 19.4 Å². The number of aryl methyl sites for hydroxylation is 1. The zero-order valence-electron chi connectivity index (χ0n) is 11.5. The first-order valence-electron chi connectivity index (χ1n) is 6.87. The molecule has 106 valence electrons. The number of aromatic amines is 1. The van der Waals surface area contributed by atoms with E-state index in [9.17, 15) is 14.4 Å². The first-order valence-corrected chi connectivity index (χ1v) is 6.87.